The summed E-state index contributed by atoms with van der Waals surface area (Å²) < 4.78 is 0. The highest BCUT2D eigenvalue weighted by Crippen LogP contribution is 2.62. The Labute approximate surface area is 160 Å². The van der Waals surface area contributed by atoms with E-state index in [4.69, 9.17) is 0 Å². The first-order valence-corrected chi connectivity index (χ1v) is 12.1. The lowest BCUT2D eigenvalue weighted by Crippen LogP contribution is -2.19. The summed E-state index contributed by atoms with van der Waals surface area (Å²) in [7, 11) is 0.993. The normalized spacial score (nSPS) is 16.9. The zero-order valence-electron chi connectivity index (χ0n) is 17.6. The third-order valence-electron chi connectivity index (χ3n) is 5.03. The van der Waals surface area contributed by atoms with Gasteiger partial charge in [0.2, 0.25) is 0 Å². The fraction of sp³-hybridized carbons (Fsp3) is 0.435. The first-order chi connectivity index (χ1) is 12.4. The van der Waals surface area contributed by atoms with Crippen LogP contribution in [0.25, 0.3) is 0 Å². The zero-order valence-corrected chi connectivity index (χ0v) is 18.4. The Balaban J connectivity index is 0.000000570. The number of aryl methyl sites for hydroxylation is 1. The molecule has 2 aromatic carbocycles. The van der Waals surface area contributed by atoms with E-state index in [0.29, 0.717) is 0 Å². The molecule has 0 N–H and O–H groups in total. The summed E-state index contributed by atoms with van der Waals surface area (Å²) in [4.78, 5) is 17.8. The third-order valence-corrected chi connectivity index (χ3v) is 7.91. The molecule has 26 heavy (non-hydrogen) atoms. The van der Waals surface area contributed by atoms with Gasteiger partial charge >= 0.3 is 0 Å². The summed E-state index contributed by atoms with van der Waals surface area (Å²) >= 11 is 0. The first-order valence-electron chi connectivity index (χ1n) is 9.66. The fourth-order valence-corrected chi connectivity index (χ4v) is 6.22. The molecule has 142 valence electrons. The molecule has 0 bridgehead atoms. The molecule has 0 saturated carbocycles. The van der Waals surface area contributed by atoms with Crippen LogP contribution in [-0.2, 0) is 6.42 Å². The van der Waals surface area contributed by atoms with Crippen LogP contribution in [0.3, 0.4) is 0 Å². The lowest BCUT2D eigenvalue weighted by Gasteiger charge is -2.39. The number of likely N-dealkylation sites (N-methyl/N-ethyl adjacent to an activating group) is 1. The van der Waals surface area contributed by atoms with E-state index in [9.17, 15) is 4.79 Å². The van der Waals surface area contributed by atoms with Crippen LogP contribution < -0.4 is 4.90 Å². The van der Waals surface area contributed by atoms with Gasteiger partial charge in [0.1, 0.15) is 0 Å². The van der Waals surface area contributed by atoms with E-state index in [1.807, 2.05) is 33.8 Å². The van der Waals surface area contributed by atoms with E-state index in [1.54, 1.807) is 0 Å². The summed E-state index contributed by atoms with van der Waals surface area (Å²) in [6.07, 6.45) is 5.68. The Morgan fingerprint density at radius 2 is 1.54 bits per heavy atom. The van der Waals surface area contributed by atoms with E-state index < -0.39 is 10.0 Å². The molecule has 0 unspecified atom stereocenters. The van der Waals surface area contributed by atoms with E-state index in [0.717, 1.165) is 24.1 Å². The lowest BCUT2D eigenvalue weighted by molar-refractivity contribution is 0.103. The van der Waals surface area contributed by atoms with Gasteiger partial charge in [0.15, 0.2) is 5.78 Å². The van der Waals surface area contributed by atoms with Gasteiger partial charge in [0, 0.05) is 40.2 Å². The lowest BCUT2D eigenvalue weighted by atomic mass is 9.98. The van der Waals surface area contributed by atoms with E-state index in [2.05, 4.69) is 55.6 Å². The number of hydrogen-bond acceptors (Lipinski definition) is 2. The Morgan fingerprint density at radius 1 is 0.923 bits per heavy atom. The molecule has 0 radical (unpaired) electrons. The second-order valence-corrected chi connectivity index (χ2v) is 10.3. The molecule has 3 heteroatoms. The topological polar surface area (TPSA) is 20.3 Å². The van der Waals surface area contributed by atoms with Gasteiger partial charge in [0.05, 0.1) is 0 Å². The summed E-state index contributed by atoms with van der Waals surface area (Å²) in [5.74, 6) is 0.203. The average molecular weight is 372 g/mol. The number of ketones is 1. The van der Waals surface area contributed by atoms with E-state index in [-0.39, 0.29) is 5.78 Å². The fourth-order valence-electron chi connectivity index (χ4n) is 3.68. The van der Waals surface area contributed by atoms with Crippen molar-refractivity contribution in [2.45, 2.75) is 50.8 Å². The van der Waals surface area contributed by atoms with Crippen molar-refractivity contribution in [2.75, 3.05) is 31.0 Å². The van der Waals surface area contributed by atoms with Crippen LogP contribution in [0.5, 0.6) is 0 Å². The predicted molar refractivity (Wildman–Crippen MR) is 117 cm³/mol. The number of carbonyl (C=O) groups excluding carboxylic acids is 1. The molecule has 2 nitrogen and oxygen atoms in total. The quantitative estimate of drug-likeness (QED) is 0.560. The van der Waals surface area contributed by atoms with Gasteiger partial charge in [-0.2, -0.15) is 10.0 Å². The SMILES string of the molecule is CC.CC.Cc1ccc2c(c1)S(C)(C)c1cc3c(cc1C2=O)CCN3C. The minimum absolute atomic E-state index is 0.203. The smallest absolute Gasteiger partial charge is 0.195 e. The molecule has 4 rings (SSSR count). The minimum Gasteiger partial charge on any atom is -0.374 e. The van der Waals surface area contributed by atoms with Gasteiger partial charge in [0.25, 0.3) is 0 Å². The van der Waals surface area contributed by atoms with Gasteiger partial charge in [-0.3, -0.25) is 4.79 Å². The van der Waals surface area contributed by atoms with Gasteiger partial charge in [-0.1, -0.05) is 39.3 Å². The highest BCUT2D eigenvalue weighted by Gasteiger charge is 2.35. The van der Waals surface area contributed by atoms with E-state index in [1.165, 1.54) is 26.6 Å². The van der Waals surface area contributed by atoms with E-state index >= 15 is 0 Å². The number of rotatable bonds is 0. The number of anilines is 1. The van der Waals surface area contributed by atoms with Crippen molar-refractivity contribution < 1.29 is 4.79 Å². The summed E-state index contributed by atoms with van der Waals surface area (Å²) in [5, 5.41) is 0. The number of fused-ring (bicyclic) bond motifs is 3. The van der Waals surface area contributed by atoms with Crippen molar-refractivity contribution in [3.8, 4) is 0 Å². The average Bonchev–Trinajstić information content (AvgIpc) is 3.03. The van der Waals surface area contributed by atoms with Gasteiger partial charge < -0.3 is 4.90 Å². The van der Waals surface area contributed by atoms with Crippen molar-refractivity contribution in [2.24, 2.45) is 0 Å². The molecular weight excluding hydrogens is 338 g/mol. The van der Waals surface area contributed by atoms with Crippen LogP contribution in [0.2, 0.25) is 0 Å². The highest BCUT2D eigenvalue weighted by atomic mass is 32.3. The van der Waals surface area contributed by atoms with Crippen LogP contribution in [0.15, 0.2) is 40.1 Å². The number of hydrogen-bond donors (Lipinski definition) is 0. The number of carbonyl (C=O) groups is 1. The van der Waals surface area contributed by atoms with Crippen molar-refractivity contribution >= 4 is 21.5 Å². The second kappa shape index (κ2) is 7.87. The summed E-state index contributed by atoms with van der Waals surface area (Å²) in [6, 6.07) is 10.7. The highest BCUT2D eigenvalue weighted by molar-refractivity contribution is 8.32. The minimum atomic E-state index is -1.15. The molecule has 0 aliphatic carbocycles. The van der Waals surface area contributed by atoms with Gasteiger partial charge in [-0.25, -0.2) is 0 Å². The summed E-state index contributed by atoms with van der Waals surface area (Å²) in [5.41, 5.74) is 5.70. The molecule has 0 aromatic heterocycles. The Kier molecular flexibility index (Phi) is 6.23. The Bertz CT molecular complexity index is 823. The molecule has 0 fully saturated rings. The van der Waals surface area contributed by atoms with Crippen molar-refractivity contribution in [1.29, 1.82) is 0 Å². The molecular formula is C23H33NOS. The van der Waals surface area contributed by atoms with Crippen molar-refractivity contribution in [1.82, 2.24) is 0 Å². The second-order valence-electron chi connectivity index (χ2n) is 6.80. The number of nitrogens with zero attached hydrogens (tertiary/aromatic N) is 1. The largest absolute Gasteiger partial charge is 0.374 e. The van der Waals surface area contributed by atoms with Crippen LogP contribution in [-0.4, -0.2) is 31.9 Å². The maximum absolute atomic E-state index is 13.0. The molecule has 2 aliphatic heterocycles. The molecule has 2 heterocycles. The first kappa shape index (κ1) is 20.6. The number of benzene rings is 2. The van der Waals surface area contributed by atoms with Gasteiger partial charge in [-0.05, 0) is 55.7 Å². The molecule has 0 amide bonds. The monoisotopic (exact) mass is 371 g/mol. The van der Waals surface area contributed by atoms with Crippen LogP contribution in [0, 0.1) is 6.92 Å². The maximum Gasteiger partial charge on any atom is 0.195 e. The Morgan fingerprint density at radius 3 is 2.19 bits per heavy atom. The molecule has 0 spiro atoms. The van der Waals surface area contributed by atoms with Crippen molar-refractivity contribution in [3.05, 3.63) is 52.6 Å². The van der Waals surface area contributed by atoms with Crippen molar-refractivity contribution in [3.63, 3.8) is 0 Å². The van der Waals surface area contributed by atoms with Crippen LogP contribution >= 0.6 is 10.0 Å². The maximum atomic E-state index is 13.0. The van der Waals surface area contributed by atoms with Crippen LogP contribution in [0.4, 0.5) is 5.69 Å². The molecule has 2 aromatic rings. The molecule has 0 saturated heterocycles. The standard InChI is InChI=1S/C19H21NOS.2C2H6/c1-12-5-6-14-17(9-12)22(3,4)18-11-16-13(7-8-20(16)2)10-15(18)19(14)21;2*1-2/h5-6,9-11H,7-8H2,1-4H3;2*1-2H3. The van der Waals surface area contributed by atoms with Gasteiger partial charge in [-0.15, -0.1) is 0 Å². The summed E-state index contributed by atoms with van der Waals surface area (Å²) in [6.45, 7) is 11.2. The Hall–Kier alpha value is -1.74. The predicted octanol–water partition coefficient (Wildman–Crippen LogP) is 6.07. The van der Waals surface area contributed by atoms with Crippen LogP contribution in [0.1, 0.15) is 54.7 Å². The third kappa shape index (κ3) is 3.18. The molecule has 0 atom stereocenters. The zero-order chi connectivity index (χ0) is 19.6. The molecule has 2 aliphatic rings.